The lowest BCUT2D eigenvalue weighted by atomic mass is 10.2. The number of methoxy groups -OCH3 is 1. The van der Waals surface area contributed by atoms with E-state index in [-0.39, 0.29) is 6.42 Å². The fourth-order valence-corrected chi connectivity index (χ4v) is 2.46. The molecule has 6 heteroatoms. The van der Waals surface area contributed by atoms with Gasteiger partial charge in [0.05, 0.1) is 7.11 Å². The van der Waals surface area contributed by atoms with Crippen molar-refractivity contribution in [1.82, 2.24) is 0 Å². The zero-order valence-corrected chi connectivity index (χ0v) is 11.2. The molecule has 1 aromatic carbocycles. The van der Waals surface area contributed by atoms with Crippen molar-refractivity contribution < 1.29 is 24.2 Å². The fourth-order valence-electron chi connectivity index (χ4n) is 1.37. The third kappa shape index (κ3) is 5.13. The second-order valence-electron chi connectivity index (χ2n) is 3.74. The quantitative estimate of drug-likeness (QED) is 0.603. The summed E-state index contributed by atoms with van der Waals surface area (Å²) in [5.41, 5.74) is 0.990. The average Bonchev–Trinajstić information content (AvgIpc) is 2.43. The molecule has 1 N–H and O–H groups in total. The van der Waals surface area contributed by atoms with Crippen LogP contribution in [0, 0.1) is 0 Å². The van der Waals surface area contributed by atoms with Gasteiger partial charge in [0.2, 0.25) is 5.78 Å². The van der Waals surface area contributed by atoms with Crippen molar-refractivity contribution in [2.45, 2.75) is 17.4 Å². The van der Waals surface area contributed by atoms with E-state index in [0.717, 1.165) is 5.56 Å². The van der Waals surface area contributed by atoms with Gasteiger partial charge in [0.15, 0.2) is 0 Å². The van der Waals surface area contributed by atoms with Crippen molar-refractivity contribution in [3.8, 4) is 0 Å². The van der Waals surface area contributed by atoms with Crippen LogP contribution in [0.5, 0.6) is 0 Å². The lowest BCUT2D eigenvalue weighted by molar-refractivity contribution is -0.150. The molecule has 0 amide bonds. The van der Waals surface area contributed by atoms with Crippen LogP contribution in [0.1, 0.15) is 12.0 Å². The summed E-state index contributed by atoms with van der Waals surface area (Å²) in [7, 11) is 1.21. The second-order valence-corrected chi connectivity index (χ2v) is 4.93. The first-order valence-corrected chi connectivity index (χ1v) is 6.59. The molecule has 1 atom stereocenters. The highest BCUT2D eigenvalue weighted by Gasteiger charge is 2.26. The fraction of sp³-hybridized carbons (Fsp3) is 0.308. The molecule has 0 saturated carbocycles. The summed E-state index contributed by atoms with van der Waals surface area (Å²) < 4.78 is 4.58. The number of ether oxygens (including phenoxy) is 1. The molecule has 0 heterocycles. The first kappa shape index (κ1) is 15.2. The maximum Gasteiger partial charge on any atom is 0.372 e. The van der Waals surface area contributed by atoms with Crippen LogP contribution < -0.4 is 0 Å². The third-order valence-electron chi connectivity index (χ3n) is 2.37. The summed E-state index contributed by atoms with van der Waals surface area (Å²) in [4.78, 5) is 33.2. The van der Waals surface area contributed by atoms with E-state index in [9.17, 15) is 14.4 Å². The summed E-state index contributed by atoms with van der Waals surface area (Å²) in [6, 6.07) is 9.39. The molecule has 1 unspecified atom stereocenters. The van der Waals surface area contributed by atoms with Gasteiger partial charge in [-0.3, -0.25) is 9.59 Å². The number of thioether (sulfide) groups is 1. The van der Waals surface area contributed by atoms with Gasteiger partial charge >= 0.3 is 11.9 Å². The number of aliphatic carboxylic acids is 1. The van der Waals surface area contributed by atoms with Crippen molar-refractivity contribution in [1.29, 1.82) is 0 Å². The van der Waals surface area contributed by atoms with Gasteiger partial charge in [-0.15, -0.1) is 11.8 Å². The number of carbonyl (C=O) groups excluding carboxylic acids is 2. The van der Waals surface area contributed by atoms with Crippen LogP contribution in [-0.2, 0) is 24.9 Å². The number of ketones is 1. The minimum atomic E-state index is -1.53. The molecule has 1 rings (SSSR count). The molecule has 0 fully saturated rings. The second kappa shape index (κ2) is 7.58. The van der Waals surface area contributed by atoms with Crippen LogP contribution in [-0.4, -0.2) is 35.2 Å². The van der Waals surface area contributed by atoms with Gasteiger partial charge in [0.1, 0.15) is 5.25 Å². The van der Waals surface area contributed by atoms with Gasteiger partial charge in [-0.1, -0.05) is 30.3 Å². The number of carbonyl (C=O) groups is 3. The SMILES string of the molecule is COC(=O)C(CC(=O)C(=O)O)SCc1ccccc1. The number of benzene rings is 1. The Morgan fingerprint density at radius 3 is 2.42 bits per heavy atom. The van der Waals surface area contributed by atoms with Crippen LogP contribution >= 0.6 is 11.8 Å². The number of esters is 1. The van der Waals surface area contributed by atoms with Crippen molar-refractivity contribution >= 4 is 29.5 Å². The Bertz CT molecular complexity index is 457. The monoisotopic (exact) mass is 282 g/mol. The highest BCUT2D eigenvalue weighted by Crippen LogP contribution is 2.21. The Hall–Kier alpha value is -1.82. The largest absolute Gasteiger partial charge is 0.476 e. The smallest absolute Gasteiger partial charge is 0.372 e. The maximum absolute atomic E-state index is 11.5. The van der Waals surface area contributed by atoms with Gasteiger partial charge in [-0.25, -0.2) is 4.79 Å². The van der Waals surface area contributed by atoms with Gasteiger partial charge in [-0.05, 0) is 5.56 Å². The molecular weight excluding hydrogens is 268 g/mol. The predicted molar refractivity (Wildman–Crippen MR) is 70.8 cm³/mol. The van der Waals surface area contributed by atoms with Gasteiger partial charge < -0.3 is 9.84 Å². The molecule has 5 nitrogen and oxygen atoms in total. The summed E-state index contributed by atoms with van der Waals surface area (Å²) in [5, 5.41) is 7.76. The highest BCUT2D eigenvalue weighted by atomic mass is 32.2. The first-order valence-electron chi connectivity index (χ1n) is 5.54. The summed E-state index contributed by atoms with van der Waals surface area (Å²) in [5.74, 6) is -2.60. The van der Waals surface area contributed by atoms with Gasteiger partial charge in [-0.2, -0.15) is 0 Å². The number of hydrogen-bond acceptors (Lipinski definition) is 5. The lowest BCUT2D eigenvalue weighted by Crippen LogP contribution is -2.26. The summed E-state index contributed by atoms with van der Waals surface area (Å²) in [6.07, 6.45) is -0.362. The number of hydrogen-bond donors (Lipinski definition) is 1. The maximum atomic E-state index is 11.5. The molecule has 1 aromatic rings. The van der Waals surface area contributed by atoms with E-state index in [1.807, 2.05) is 30.3 Å². The number of carboxylic acid groups (broad SMARTS) is 1. The van der Waals surface area contributed by atoms with E-state index in [1.54, 1.807) is 0 Å². The third-order valence-corrected chi connectivity index (χ3v) is 3.63. The van der Waals surface area contributed by atoms with E-state index in [4.69, 9.17) is 5.11 Å². The molecule has 19 heavy (non-hydrogen) atoms. The van der Waals surface area contributed by atoms with Crippen LogP contribution in [0.3, 0.4) is 0 Å². The number of carboxylic acids is 1. The van der Waals surface area contributed by atoms with Crippen molar-refractivity contribution in [2.24, 2.45) is 0 Å². The minimum absolute atomic E-state index is 0.362. The Balaban J connectivity index is 2.62. The van der Waals surface area contributed by atoms with Crippen LogP contribution in [0.25, 0.3) is 0 Å². The zero-order valence-electron chi connectivity index (χ0n) is 10.4. The average molecular weight is 282 g/mol. The predicted octanol–water partition coefficient (Wildman–Crippen LogP) is 1.51. The summed E-state index contributed by atoms with van der Waals surface area (Å²) >= 11 is 1.19. The van der Waals surface area contributed by atoms with Crippen molar-refractivity contribution in [2.75, 3.05) is 7.11 Å². The molecule has 0 saturated heterocycles. The lowest BCUT2D eigenvalue weighted by Gasteiger charge is -2.12. The zero-order chi connectivity index (χ0) is 14.3. The van der Waals surface area contributed by atoms with E-state index in [2.05, 4.69) is 4.74 Å². The molecule has 0 aliphatic rings. The summed E-state index contributed by atoms with van der Waals surface area (Å²) in [6.45, 7) is 0. The Labute approximate surface area is 115 Å². The molecular formula is C13H14O5S. The Morgan fingerprint density at radius 2 is 1.89 bits per heavy atom. The van der Waals surface area contributed by atoms with Crippen molar-refractivity contribution in [3.63, 3.8) is 0 Å². The molecule has 102 valence electrons. The van der Waals surface area contributed by atoms with E-state index >= 15 is 0 Å². The minimum Gasteiger partial charge on any atom is -0.476 e. The van der Waals surface area contributed by atoms with E-state index < -0.39 is 23.0 Å². The molecule has 0 aromatic heterocycles. The number of rotatable bonds is 7. The van der Waals surface area contributed by atoms with Gasteiger partial charge in [0, 0.05) is 12.2 Å². The normalized spacial score (nSPS) is 11.6. The van der Waals surface area contributed by atoms with Crippen LogP contribution in [0.2, 0.25) is 0 Å². The molecule has 0 aliphatic carbocycles. The van der Waals surface area contributed by atoms with Crippen LogP contribution in [0.4, 0.5) is 0 Å². The first-order chi connectivity index (χ1) is 9.04. The van der Waals surface area contributed by atoms with Crippen molar-refractivity contribution in [3.05, 3.63) is 35.9 Å². The Morgan fingerprint density at radius 1 is 1.26 bits per heavy atom. The van der Waals surface area contributed by atoms with Crippen LogP contribution in [0.15, 0.2) is 30.3 Å². The van der Waals surface area contributed by atoms with E-state index in [1.165, 1.54) is 18.9 Å². The molecule has 0 radical (unpaired) electrons. The number of Topliss-reactive ketones (excluding diaryl/α,β-unsaturated/α-hetero) is 1. The highest BCUT2D eigenvalue weighted by molar-refractivity contribution is 7.99. The molecule has 0 bridgehead atoms. The standard InChI is InChI=1S/C13H14O5S/c1-18-13(17)11(7-10(14)12(15)16)19-8-9-5-3-2-4-6-9/h2-6,11H,7-8H2,1H3,(H,15,16). The Kier molecular flexibility index (Phi) is 6.08. The topological polar surface area (TPSA) is 80.7 Å². The van der Waals surface area contributed by atoms with E-state index in [0.29, 0.717) is 5.75 Å². The molecule has 0 spiro atoms. The van der Waals surface area contributed by atoms with Gasteiger partial charge in [0.25, 0.3) is 0 Å². The molecule has 0 aliphatic heterocycles.